The van der Waals surface area contributed by atoms with E-state index in [-0.39, 0.29) is 33.9 Å². The first kappa shape index (κ1) is 52.1. The van der Waals surface area contributed by atoms with E-state index in [0.717, 1.165) is 44.8 Å². The smallest absolute Gasteiger partial charge is 0.302 e. The monoisotopic (exact) mass is 957 g/mol. The van der Waals surface area contributed by atoms with Crippen LogP contribution >= 0.6 is 0 Å². The van der Waals surface area contributed by atoms with E-state index >= 15 is 0 Å². The minimum Gasteiger partial charge on any atom is -0.519 e. The highest BCUT2D eigenvalue weighted by molar-refractivity contribution is 7.91. The molecular weight excluding hydrogens is 869 g/mol. The van der Waals surface area contributed by atoms with Crippen molar-refractivity contribution in [2.45, 2.75) is 164 Å². The first-order valence-electron chi connectivity index (χ1n) is 26.2. The molecule has 1 aromatic rings. The Morgan fingerprint density at radius 3 is 2.34 bits per heavy atom. The zero-order valence-corrected chi connectivity index (χ0v) is 45.4. The Bertz CT molecular complexity index is 2190. The van der Waals surface area contributed by atoms with Gasteiger partial charge in [0.25, 0.3) is 8.32 Å². The molecule has 0 aromatic carbocycles. The molecule has 1 aliphatic heterocycles. The number of aromatic nitrogens is 1. The van der Waals surface area contributed by atoms with E-state index in [1.165, 1.54) is 74.3 Å². The molecule has 0 bridgehead atoms. The van der Waals surface area contributed by atoms with E-state index in [1.807, 2.05) is 0 Å². The largest absolute Gasteiger partial charge is 0.519 e. The van der Waals surface area contributed by atoms with Gasteiger partial charge in [0.15, 0.2) is 9.84 Å². The van der Waals surface area contributed by atoms with Crippen LogP contribution in [-0.4, -0.2) is 83.4 Å². The van der Waals surface area contributed by atoms with Crippen LogP contribution in [-0.2, 0) is 19.1 Å². The van der Waals surface area contributed by atoms with Crippen LogP contribution < -0.4 is 10.1 Å². The lowest BCUT2D eigenvalue weighted by Gasteiger charge is -2.71. The lowest BCUT2D eigenvalue weighted by atomic mass is 9.33. The van der Waals surface area contributed by atoms with E-state index < -0.39 is 23.6 Å². The SMILES string of the molecule is C=C(C)[C@H](CCCNCCN1CCS(=O)(=O)CC1)[C@H]1CCC[C@]2(C)[C@@H]1CC[C@@H]1[C@@]3(C)CC=C(C4=CCC(COc5ccc(C#N)cn5)(C(=O)O[Si](C)(C)C(C)(C)C)CC4)C(C)(C)[C@@H]3CC[C@]12C. The Morgan fingerprint density at radius 2 is 1.72 bits per heavy atom. The molecule has 3 saturated carbocycles. The molecule has 6 aliphatic rings. The summed E-state index contributed by atoms with van der Waals surface area (Å²) < 4.78 is 36.6. The Morgan fingerprint density at radius 1 is 0.985 bits per heavy atom. The number of ether oxygens (including phenoxy) is 1. The van der Waals surface area contributed by atoms with Crippen LogP contribution in [0.1, 0.15) is 151 Å². The van der Waals surface area contributed by atoms with Crippen LogP contribution in [0.25, 0.3) is 0 Å². The van der Waals surface area contributed by atoms with Crippen LogP contribution in [0.5, 0.6) is 5.88 Å². The number of hydrogen-bond acceptors (Lipinski definition) is 9. The second kappa shape index (κ2) is 19.4. The third-order valence-electron chi connectivity index (χ3n) is 20.2. The van der Waals surface area contributed by atoms with Gasteiger partial charge >= 0.3 is 5.97 Å². The molecular formula is C56H88N4O5SSi. The molecule has 5 aliphatic carbocycles. The fraction of sp³-hybridized carbons (Fsp3) is 0.768. The molecule has 67 heavy (non-hydrogen) atoms. The lowest BCUT2D eigenvalue weighted by molar-refractivity contribution is -0.214. The molecule has 1 saturated heterocycles. The Hall–Kier alpha value is -2.78. The number of fused-ring (bicyclic) bond motifs is 5. The average molecular weight is 957 g/mol. The van der Waals surface area contributed by atoms with Gasteiger partial charge in [0.1, 0.15) is 18.1 Å². The number of carbonyl (C=O) groups is 1. The molecule has 9 nitrogen and oxygen atoms in total. The molecule has 2 heterocycles. The summed E-state index contributed by atoms with van der Waals surface area (Å²) in [6.07, 6.45) is 21.2. The van der Waals surface area contributed by atoms with Gasteiger partial charge in [-0.2, -0.15) is 5.26 Å². The number of carbonyl (C=O) groups excluding carboxylic acids is 1. The normalized spacial score (nSPS) is 34.5. The van der Waals surface area contributed by atoms with E-state index in [4.69, 9.17) is 9.16 Å². The summed E-state index contributed by atoms with van der Waals surface area (Å²) in [5.41, 5.74) is 4.75. The number of allylic oxidation sites excluding steroid dienone is 5. The molecule has 0 radical (unpaired) electrons. The van der Waals surface area contributed by atoms with Gasteiger partial charge in [-0.1, -0.05) is 86.1 Å². The van der Waals surface area contributed by atoms with Crippen molar-refractivity contribution in [2.24, 2.45) is 56.7 Å². The van der Waals surface area contributed by atoms with Crippen molar-refractivity contribution in [1.29, 1.82) is 5.26 Å². The highest BCUT2D eigenvalue weighted by atomic mass is 32.2. The van der Waals surface area contributed by atoms with E-state index in [9.17, 15) is 18.5 Å². The molecule has 1 unspecified atom stereocenters. The summed E-state index contributed by atoms with van der Waals surface area (Å²) in [6, 6.07) is 5.55. The zero-order valence-electron chi connectivity index (χ0n) is 43.6. The summed E-state index contributed by atoms with van der Waals surface area (Å²) in [5, 5.41) is 12.9. The van der Waals surface area contributed by atoms with E-state index in [0.29, 0.717) is 78.0 Å². The Kier molecular flexibility index (Phi) is 15.1. The van der Waals surface area contributed by atoms with Crippen molar-refractivity contribution >= 4 is 24.1 Å². The van der Waals surface area contributed by atoms with Crippen molar-refractivity contribution in [3.05, 3.63) is 59.3 Å². The van der Waals surface area contributed by atoms with Gasteiger partial charge < -0.3 is 19.4 Å². The number of nitrogens with zero attached hydrogens (tertiary/aromatic N) is 3. The van der Waals surface area contributed by atoms with E-state index in [2.05, 4.69) is 115 Å². The van der Waals surface area contributed by atoms with Crippen LogP contribution in [0, 0.1) is 68.0 Å². The summed E-state index contributed by atoms with van der Waals surface area (Å²) in [4.78, 5) is 21.1. The van der Waals surface area contributed by atoms with Crippen LogP contribution in [0.2, 0.25) is 18.1 Å². The van der Waals surface area contributed by atoms with Crippen molar-refractivity contribution in [3.8, 4) is 11.9 Å². The number of nitrogens with one attached hydrogen (secondary N) is 1. The molecule has 9 atom stereocenters. The third kappa shape index (κ3) is 10.1. The maximum atomic E-state index is 14.5. The predicted octanol–water partition coefficient (Wildman–Crippen LogP) is 11.9. The van der Waals surface area contributed by atoms with Gasteiger partial charge in [-0.15, -0.1) is 0 Å². The van der Waals surface area contributed by atoms with Gasteiger partial charge in [0.05, 0.1) is 17.1 Å². The molecule has 1 aromatic heterocycles. The number of rotatable bonds is 15. The maximum Gasteiger partial charge on any atom is 0.302 e. The average Bonchev–Trinajstić information content (AvgIpc) is 3.25. The fourth-order valence-corrected chi connectivity index (χ4v) is 17.3. The highest BCUT2D eigenvalue weighted by Crippen LogP contribution is 2.75. The first-order chi connectivity index (χ1) is 31.3. The highest BCUT2D eigenvalue weighted by Gasteiger charge is 2.67. The van der Waals surface area contributed by atoms with Gasteiger partial charge in [0, 0.05) is 38.4 Å². The molecule has 7 rings (SSSR count). The van der Waals surface area contributed by atoms with Crippen molar-refractivity contribution in [2.75, 3.05) is 50.8 Å². The second-order valence-electron chi connectivity index (χ2n) is 25.3. The molecule has 1 N–H and O–H groups in total. The Balaban J connectivity index is 1.05. The molecule has 11 heteroatoms. The number of nitriles is 1. The first-order valence-corrected chi connectivity index (χ1v) is 31.0. The number of hydrogen-bond donors (Lipinski definition) is 1. The summed E-state index contributed by atoms with van der Waals surface area (Å²) in [6.45, 7) is 35.3. The van der Waals surface area contributed by atoms with Crippen molar-refractivity contribution < 1.29 is 22.4 Å². The van der Waals surface area contributed by atoms with Crippen molar-refractivity contribution in [1.82, 2.24) is 15.2 Å². The van der Waals surface area contributed by atoms with Gasteiger partial charge in [-0.3, -0.25) is 4.79 Å². The maximum absolute atomic E-state index is 14.5. The lowest BCUT2D eigenvalue weighted by Crippen LogP contribution is -2.64. The van der Waals surface area contributed by atoms with Crippen LogP contribution in [0.3, 0.4) is 0 Å². The summed E-state index contributed by atoms with van der Waals surface area (Å²) in [7, 11) is -5.24. The molecule has 0 amide bonds. The second-order valence-corrected chi connectivity index (χ2v) is 32.3. The summed E-state index contributed by atoms with van der Waals surface area (Å²) >= 11 is 0. The Labute approximate surface area is 407 Å². The molecule has 4 fully saturated rings. The van der Waals surface area contributed by atoms with Crippen LogP contribution in [0.4, 0.5) is 0 Å². The number of pyridine rings is 1. The van der Waals surface area contributed by atoms with Gasteiger partial charge in [-0.05, 0) is 177 Å². The predicted molar refractivity (Wildman–Crippen MR) is 275 cm³/mol. The van der Waals surface area contributed by atoms with Crippen LogP contribution in [0.15, 0.2) is 53.8 Å². The van der Waals surface area contributed by atoms with E-state index in [1.54, 1.807) is 12.1 Å². The zero-order chi connectivity index (χ0) is 48.8. The molecule has 372 valence electrons. The number of sulfone groups is 1. The topological polar surface area (TPSA) is 122 Å². The summed E-state index contributed by atoms with van der Waals surface area (Å²) in [5.74, 6) is 4.09. The standard InChI is InChI=1S/C56H88N4O5SSi/c1-40(2)43(16-14-30-58-31-32-60-33-35-66(62,63)36-34-60)44-15-13-25-54(9)46(44)18-19-48-53(8)26-23-45(52(6,7)47(53)24-27-55(48,54)10)42-21-28-56(29-22-42,50(61)65-67(11,12)51(3,4)5)39-64-49-20-17-41(37-57)38-59-49/h17,20-21,23,38,43-44,46-48,58H,1,13-16,18-19,22,24-36,39H2,2-12H3/t43-,44+,46+,47-,48+,53-,54+,55+,56?/m0/s1. The fourth-order valence-electron chi connectivity index (χ4n) is 15.0. The van der Waals surface area contributed by atoms with Gasteiger partial charge in [0.2, 0.25) is 5.88 Å². The minimum absolute atomic E-state index is 0.00504. The third-order valence-corrected chi connectivity index (χ3v) is 26.1. The van der Waals surface area contributed by atoms with Gasteiger partial charge in [-0.25, -0.2) is 13.4 Å². The minimum atomic E-state index is -2.84. The van der Waals surface area contributed by atoms with Crippen molar-refractivity contribution in [3.63, 3.8) is 0 Å². The quantitative estimate of drug-likeness (QED) is 0.104. The molecule has 0 spiro atoms.